The van der Waals surface area contributed by atoms with E-state index in [2.05, 4.69) is 82.3 Å². The van der Waals surface area contributed by atoms with Crippen LogP contribution in [0.4, 0.5) is 0 Å². The van der Waals surface area contributed by atoms with E-state index in [4.69, 9.17) is 23.5 Å². The normalized spacial score (nSPS) is 13.6. The largest absolute Gasteiger partial charge is 0.496 e. The summed E-state index contributed by atoms with van der Waals surface area (Å²) in [5.41, 5.74) is 12.5. The molecule has 6 aromatic rings. The van der Waals surface area contributed by atoms with Crippen molar-refractivity contribution in [2.24, 2.45) is 0 Å². The maximum absolute atomic E-state index is 6.28. The summed E-state index contributed by atoms with van der Waals surface area (Å²) in [6.45, 7) is 8.70. The van der Waals surface area contributed by atoms with Crippen molar-refractivity contribution in [2.45, 2.75) is 58.8 Å². The number of nitrogens with zero attached hydrogens (tertiary/aromatic N) is 2. The van der Waals surface area contributed by atoms with Crippen molar-refractivity contribution in [1.29, 1.82) is 0 Å². The minimum atomic E-state index is -0.142. The monoisotopic (exact) mass is 542 g/mol. The molecule has 0 amide bonds. The average Bonchev–Trinajstić information content (AvgIpc) is 3.65. The maximum atomic E-state index is 6.28. The lowest BCUT2D eigenvalue weighted by molar-refractivity contribution is 0.412. The van der Waals surface area contributed by atoms with Crippen molar-refractivity contribution >= 4 is 22.2 Å². The van der Waals surface area contributed by atoms with Crippen LogP contribution in [0.2, 0.25) is 0 Å². The molecule has 4 aromatic carbocycles. The van der Waals surface area contributed by atoms with E-state index in [1.165, 1.54) is 27.8 Å². The molecule has 2 aromatic heterocycles. The Morgan fingerprint density at radius 1 is 0.659 bits per heavy atom. The van der Waals surface area contributed by atoms with Crippen LogP contribution in [0.25, 0.3) is 56.2 Å². The second-order valence-electron chi connectivity index (χ2n) is 11.4. The summed E-state index contributed by atoms with van der Waals surface area (Å²) < 4.78 is 18.5. The van der Waals surface area contributed by atoms with Crippen LogP contribution in [0.15, 0.2) is 75.6 Å². The Balaban J connectivity index is 1.43. The quantitative estimate of drug-likeness (QED) is 0.201. The van der Waals surface area contributed by atoms with E-state index in [0.29, 0.717) is 11.8 Å². The number of aryl methyl sites for hydroxylation is 2. The second-order valence-corrected chi connectivity index (χ2v) is 11.4. The van der Waals surface area contributed by atoms with Gasteiger partial charge in [-0.15, -0.1) is 0 Å². The van der Waals surface area contributed by atoms with Gasteiger partial charge in [-0.2, -0.15) is 0 Å². The van der Waals surface area contributed by atoms with E-state index in [0.717, 1.165) is 70.3 Å². The minimum Gasteiger partial charge on any atom is -0.496 e. The highest BCUT2D eigenvalue weighted by Gasteiger charge is 2.43. The molecule has 1 aliphatic carbocycles. The zero-order valence-corrected chi connectivity index (χ0v) is 24.3. The Morgan fingerprint density at radius 2 is 1.27 bits per heavy atom. The van der Waals surface area contributed by atoms with Gasteiger partial charge < -0.3 is 13.6 Å². The third kappa shape index (κ3) is 3.98. The summed E-state index contributed by atoms with van der Waals surface area (Å²) in [4.78, 5) is 9.74. The molecule has 0 unspecified atom stereocenters. The van der Waals surface area contributed by atoms with Gasteiger partial charge in [0.1, 0.15) is 16.8 Å². The first kappa shape index (κ1) is 25.6. The van der Waals surface area contributed by atoms with E-state index < -0.39 is 0 Å². The summed E-state index contributed by atoms with van der Waals surface area (Å²) in [6, 6.07) is 23.4. The fourth-order valence-electron chi connectivity index (χ4n) is 6.82. The Bertz CT molecular complexity index is 1940. The van der Waals surface area contributed by atoms with Crippen molar-refractivity contribution in [3.05, 3.63) is 89.0 Å². The van der Waals surface area contributed by atoms with E-state index in [9.17, 15) is 0 Å². The van der Waals surface area contributed by atoms with Gasteiger partial charge in [0.15, 0.2) is 11.2 Å². The van der Waals surface area contributed by atoms with Crippen molar-refractivity contribution in [3.63, 3.8) is 0 Å². The summed E-state index contributed by atoms with van der Waals surface area (Å²) in [5.74, 6) is 2.01. The molecule has 5 nitrogen and oxygen atoms in total. The van der Waals surface area contributed by atoms with Crippen LogP contribution >= 0.6 is 0 Å². The highest BCUT2D eigenvalue weighted by molar-refractivity contribution is 5.88. The minimum absolute atomic E-state index is 0.142. The summed E-state index contributed by atoms with van der Waals surface area (Å²) in [5, 5.41) is 0. The molecule has 0 fully saturated rings. The third-order valence-electron chi connectivity index (χ3n) is 8.60. The highest BCUT2D eigenvalue weighted by Crippen LogP contribution is 2.56. The summed E-state index contributed by atoms with van der Waals surface area (Å²) in [7, 11) is 1.72. The Hall–Kier alpha value is -4.38. The van der Waals surface area contributed by atoms with Gasteiger partial charge in [-0.3, -0.25) is 0 Å². The number of rotatable bonds is 7. The first-order valence-corrected chi connectivity index (χ1v) is 14.6. The zero-order chi connectivity index (χ0) is 28.3. The molecule has 0 bridgehead atoms. The smallest absolute Gasteiger partial charge is 0.231 e. The number of benzene rings is 4. The second kappa shape index (κ2) is 9.62. The van der Waals surface area contributed by atoms with Crippen molar-refractivity contribution in [1.82, 2.24) is 9.97 Å². The topological polar surface area (TPSA) is 61.3 Å². The van der Waals surface area contributed by atoms with Crippen LogP contribution in [-0.2, 0) is 5.41 Å². The molecule has 41 heavy (non-hydrogen) atoms. The van der Waals surface area contributed by atoms with Crippen molar-refractivity contribution in [3.8, 4) is 39.8 Å². The van der Waals surface area contributed by atoms with Gasteiger partial charge in [-0.05, 0) is 109 Å². The summed E-state index contributed by atoms with van der Waals surface area (Å²) in [6.07, 6.45) is 4.20. The molecule has 5 heteroatoms. The van der Waals surface area contributed by atoms with E-state index in [1.807, 2.05) is 12.1 Å². The fourth-order valence-corrected chi connectivity index (χ4v) is 6.82. The number of hydrogen-bond acceptors (Lipinski definition) is 5. The number of methoxy groups -OCH3 is 1. The highest BCUT2D eigenvalue weighted by atomic mass is 16.5. The molecule has 0 aliphatic heterocycles. The molecule has 206 valence electrons. The van der Waals surface area contributed by atoms with Crippen molar-refractivity contribution in [2.75, 3.05) is 7.11 Å². The van der Waals surface area contributed by atoms with Gasteiger partial charge in [0, 0.05) is 11.0 Å². The molecule has 0 saturated heterocycles. The first-order valence-electron chi connectivity index (χ1n) is 14.6. The molecule has 0 saturated carbocycles. The van der Waals surface area contributed by atoms with Crippen LogP contribution in [-0.4, -0.2) is 17.1 Å². The Kier molecular flexibility index (Phi) is 6.00. The number of aromatic nitrogens is 2. The molecule has 0 atom stereocenters. The van der Waals surface area contributed by atoms with Gasteiger partial charge in [0.05, 0.1) is 12.7 Å². The zero-order valence-electron chi connectivity index (χ0n) is 24.3. The molecule has 0 N–H and O–H groups in total. The summed E-state index contributed by atoms with van der Waals surface area (Å²) >= 11 is 0. The fraction of sp³-hybridized carbons (Fsp3) is 0.278. The third-order valence-corrected chi connectivity index (χ3v) is 8.60. The Labute approximate surface area is 240 Å². The van der Waals surface area contributed by atoms with Gasteiger partial charge in [-0.25, -0.2) is 9.97 Å². The molecule has 2 heterocycles. The van der Waals surface area contributed by atoms with Crippen LogP contribution in [0.3, 0.4) is 0 Å². The lowest BCUT2D eigenvalue weighted by Gasteiger charge is -2.32. The molecular weight excluding hydrogens is 508 g/mol. The van der Waals surface area contributed by atoms with Gasteiger partial charge in [-0.1, -0.05) is 44.9 Å². The number of oxazole rings is 2. The number of fused-ring (bicyclic) bond motifs is 5. The predicted molar refractivity (Wildman–Crippen MR) is 165 cm³/mol. The molecule has 0 radical (unpaired) electrons. The molecular formula is C36H34N2O3. The standard InChI is InChI=1S/C36H34N2O3/c1-6-14-36(15-7-2)27-18-23(34-37-29-16-21(3)8-12-31(29)40-34)10-11-24(27)25-20-33(39-5)26(19-28(25)36)35-38-30-17-22(4)9-13-32(30)41-35/h8-13,16-20H,6-7,14-15H2,1-5H3. The molecule has 7 rings (SSSR count). The van der Waals surface area contributed by atoms with Gasteiger partial charge >= 0.3 is 0 Å². The van der Waals surface area contributed by atoms with Crippen molar-refractivity contribution < 1.29 is 13.6 Å². The van der Waals surface area contributed by atoms with Gasteiger partial charge in [0.2, 0.25) is 11.8 Å². The lowest BCUT2D eigenvalue weighted by Crippen LogP contribution is -2.25. The molecule has 0 spiro atoms. The SMILES string of the molecule is CCCC1(CCC)c2cc(-c3nc4cc(C)ccc4o3)ccc2-c2cc(OC)c(-c3nc4cc(C)ccc4o3)cc21. The number of ether oxygens (including phenoxy) is 1. The van der Waals surface area contributed by atoms with E-state index >= 15 is 0 Å². The maximum Gasteiger partial charge on any atom is 0.231 e. The van der Waals surface area contributed by atoms with Crippen LogP contribution < -0.4 is 4.74 Å². The Morgan fingerprint density at radius 3 is 1.90 bits per heavy atom. The first-order chi connectivity index (χ1) is 19.9. The number of hydrogen-bond donors (Lipinski definition) is 0. The van der Waals surface area contributed by atoms with Crippen LogP contribution in [0.1, 0.15) is 61.8 Å². The molecule has 1 aliphatic rings. The predicted octanol–water partition coefficient (Wildman–Crippen LogP) is 9.80. The van der Waals surface area contributed by atoms with Gasteiger partial charge in [0.25, 0.3) is 0 Å². The van der Waals surface area contributed by atoms with Crippen LogP contribution in [0, 0.1) is 13.8 Å². The van der Waals surface area contributed by atoms with E-state index in [-0.39, 0.29) is 5.41 Å². The average molecular weight is 543 g/mol. The van der Waals surface area contributed by atoms with Crippen LogP contribution in [0.5, 0.6) is 5.75 Å². The lowest BCUT2D eigenvalue weighted by atomic mass is 9.71. The van der Waals surface area contributed by atoms with E-state index in [1.54, 1.807) is 7.11 Å².